The molecule has 1 aromatic heterocycles. The summed E-state index contributed by atoms with van der Waals surface area (Å²) in [6.07, 6.45) is 3.18. The summed E-state index contributed by atoms with van der Waals surface area (Å²) in [5.41, 5.74) is -0.144. The first-order chi connectivity index (χ1) is 7.25. The number of nitrogens with zero attached hydrogens (tertiary/aromatic N) is 2. The van der Waals surface area contributed by atoms with E-state index in [1.54, 1.807) is 19.4 Å². The molecule has 0 bridgehead atoms. The summed E-state index contributed by atoms with van der Waals surface area (Å²) in [5.74, 6) is 0.820. The van der Waals surface area contributed by atoms with Crippen LogP contribution in [-0.4, -0.2) is 35.2 Å². The number of ether oxygens (including phenoxy) is 1. The summed E-state index contributed by atoms with van der Waals surface area (Å²) in [5, 5.41) is 2.90. The summed E-state index contributed by atoms with van der Waals surface area (Å²) < 4.78 is 6.61. The van der Waals surface area contributed by atoms with Crippen molar-refractivity contribution in [2.45, 2.75) is 0 Å². The molecular weight excluding hydrogens is 218 g/mol. The monoisotopic (exact) mass is 231 g/mol. The largest absolute Gasteiger partial charge is 0.378 e. The Morgan fingerprint density at radius 3 is 3.13 bits per heavy atom. The molecule has 0 spiro atoms. The summed E-state index contributed by atoms with van der Waals surface area (Å²) in [6, 6.07) is 0. The van der Waals surface area contributed by atoms with E-state index in [9.17, 15) is 4.79 Å². The molecule has 0 aliphatic carbocycles. The van der Waals surface area contributed by atoms with Crippen LogP contribution in [0.4, 0.5) is 5.82 Å². The first-order valence-corrected chi connectivity index (χ1v) is 5.18. The van der Waals surface area contributed by atoms with Gasteiger partial charge in [0.05, 0.1) is 13.2 Å². The maximum atomic E-state index is 11.5. The quantitative estimate of drug-likeness (QED) is 0.571. The highest BCUT2D eigenvalue weighted by atomic mass is 35.5. The molecule has 1 aromatic rings. The highest BCUT2D eigenvalue weighted by Gasteiger charge is 2.00. The van der Waals surface area contributed by atoms with Gasteiger partial charge in [-0.25, -0.2) is 4.98 Å². The molecular formula is C9H14ClN3O2. The van der Waals surface area contributed by atoms with E-state index >= 15 is 0 Å². The average Bonchev–Trinajstić information content (AvgIpc) is 2.24. The van der Waals surface area contributed by atoms with Gasteiger partial charge in [-0.3, -0.25) is 4.79 Å². The first kappa shape index (κ1) is 12.0. The number of alkyl halides is 1. The van der Waals surface area contributed by atoms with Crippen molar-refractivity contribution >= 4 is 17.4 Å². The fourth-order valence-electron chi connectivity index (χ4n) is 1.02. The molecule has 0 amide bonds. The van der Waals surface area contributed by atoms with Gasteiger partial charge >= 0.3 is 0 Å². The van der Waals surface area contributed by atoms with Crippen LogP contribution < -0.4 is 10.9 Å². The van der Waals surface area contributed by atoms with E-state index in [0.29, 0.717) is 31.5 Å². The topological polar surface area (TPSA) is 56.1 Å². The second-order valence-electron chi connectivity index (χ2n) is 2.92. The van der Waals surface area contributed by atoms with Gasteiger partial charge in [0, 0.05) is 31.9 Å². The molecule has 1 N–H and O–H groups in total. The van der Waals surface area contributed by atoms with Gasteiger partial charge in [0.15, 0.2) is 5.82 Å². The standard InChI is InChI=1S/C9H14ClN3O2/c1-13-5-3-11-8(9(13)14)12-4-7-15-6-2-10/h3,5H,2,4,6-7H2,1H3,(H,11,12). The van der Waals surface area contributed by atoms with Crippen LogP contribution >= 0.6 is 11.6 Å². The fourth-order valence-corrected chi connectivity index (χ4v) is 1.13. The minimum absolute atomic E-state index is 0.144. The summed E-state index contributed by atoms with van der Waals surface area (Å²) in [7, 11) is 1.68. The molecule has 0 aromatic carbocycles. The Balaban J connectivity index is 2.38. The normalized spacial score (nSPS) is 10.3. The van der Waals surface area contributed by atoms with Crippen molar-refractivity contribution in [2.75, 3.05) is 31.0 Å². The molecule has 6 heteroatoms. The number of rotatable bonds is 6. The van der Waals surface area contributed by atoms with Crippen molar-refractivity contribution in [3.8, 4) is 0 Å². The second-order valence-corrected chi connectivity index (χ2v) is 3.30. The van der Waals surface area contributed by atoms with E-state index in [1.165, 1.54) is 4.57 Å². The second kappa shape index (κ2) is 6.42. The zero-order valence-electron chi connectivity index (χ0n) is 8.57. The number of halogens is 1. The molecule has 15 heavy (non-hydrogen) atoms. The Labute approximate surface area is 93.0 Å². The van der Waals surface area contributed by atoms with E-state index in [-0.39, 0.29) is 5.56 Å². The maximum absolute atomic E-state index is 11.5. The fraction of sp³-hybridized carbons (Fsp3) is 0.556. The summed E-state index contributed by atoms with van der Waals surface area (Å²) >= 11 is 5.43. The SMILES string of the molecule is Cn1ccnc(NCCOCCCl)c1=O. The van der Waals surface area contributed by atoms with Gasteiger partial charge in [0.2, 0.25) is 0 Å². The van der Waals surface area contributed by atoms with Gasteiger partial charge in [-0.1, -0.05) is 0 Å². The lowest BCUT2D eigenvalue weighted by atomic mass is 10.5. The Morgan fingerprint density at radius 1 is 1.60 bits per heavy atom. The molecule has 0 unspecified atom stereocenters. The predicted octanol–water partition coefficient (Wildman–Crippen LogP) is 0.448. The highest BCUT2D eigenvalue weighted by molar-refractivity contribution is 6.17. The number of aromatic nitrogens is 2. The minimum atomic E-state index is -0.144. The third-order valence-corrected chi connectivity index (χ3v) is 1.93. The Bertz CT molecular complexity index is 353. The molecule has 1 heterocycles. The van der Waals surface area contributed by atoms with Crippen LogP contribution in [0, 0.1) is 0 Å². The van der Waals surface area contributed by atoms with Gasteiger partial charge in [-0.2, -0.15) is 0 Å². The third kappa shape index (κ3) is 3.89. The van der Waals surface area contributed by atoms with Crippen molar-refractivity contribution in [1.29, 1.82) is 0 Å². The van der Waals surface area contributed by atoms with Crippen molar-refractivity contribution < 1.29 is 4.74 Å². The Hall–Kier alpha value is -1.07. The molecule has 84 valence electrons. The van der Waals surface area contributed by atoms with Crippen LogP contribution in [0.1, 0.15) is 0 Å². The molecule has 0 radical (unpaired) electrons. The maximum Gasteiger partial charge on any atom is 0.293 e. The molecule has 0 fully saturated rings. The van der Waals surface area contributed by atoms with Crippen molar-refractivity contribution in [1.82, 2.24) is 9.55 Å². The van der Waals surface area contributed by atoms with E-state index in [2.05, 4.69) is 10.3 Å². The molecule has 0 saturated carbocycles. The first-order valence-electron chi connectivity index (χ1n) is 4.65. The lowest BCUT2D eigenvalue weighted by Gasteiger charge is -2.05. The predicted molar refractivity (Wildman–Crippen MR) is 59.5 cm³/mol. The van der Waals surface area contributed by atoms with Crippen LogP contribution in [0.15, 0.2) is 17.2 Å². The van der Waals surface area contributed by atoms with Crippen LogP contribution in [0.3, 0.4) is 0 Å². The average molecular weight is 232 g/mol. The zero-order valence-corrected chi connectivity index (χ0v) is 9.33. The van der Waals surface area contributed by atoms with Crippen LogP contribution in [0.5, 0.6) is 0 Å². The molecule has 0 aliphatic heterocycles. The van der Waals surface area contributed by atoms with Crippen LogP contribution in [0.25, 0.3) is 0 Å². The summed E-state index contributed by atoms with van der Waals surface area (Å²) in [6.45, 7) is 1.57. The van der Waals surface area contributed by atoms with Crippen molar-refractivity contribution in [3.05, 3.63) is 22.7 Å². The molecule has 0 atom stereocenters. The molecule has 0 aliphatic rings. The van der Waals surface area contributed by atoms with Gasteiger partial charge in [0.25, 0.3) is 5.56 Å². The van der Waals surface area contributed by atoms with Gasteiger partial charge in [-0.15, -0.1) is 11.6 Å². The van der Waals surface area contributed by atoms with Gasteiger partial charge in [0.1, 0.15) is 0 Å². The van der Waals surface area contributed by atoms with Crippen LogP contribution in [0.2, 0.25) is 0 Å². The summed E-state index contributed by atoms with van der Waals surface area (Å²) in [4.78, 5) is 15.4. The number of anilines is 1. The number of hydrogen-bond acceptors (Lipinski definition) is 4. The Morgan fingerprint density at radius 2 is 2.40 bits per heavy atom. The number of hydrogen-bond donors (Lipinski definition) is 1. The van der Waals surface area contributed by atoms with E-state index < -0.39 is 0 Å². The van der Waals surface area contributed by atoms with Gasteiger partial charge in [-0.05, 0) is 0 Å². The van der Waals surface area contributed by atoms with Crippen molar-refractivity contribution in [2.24, 2.45) is 7.05 Å². The highest BCUT2D eigenvalue weighted by Crippen LogP contribution is 1.90. The van der Waals surface area contributed by atoms with Crippen LogP contribution in [-0.2, 0) is 11.8 Å². The molecule has 0 saturated heterocycles. The number of aryl methyl sites for hydroxylation is 1. The lowest BCUT2D eigenvalue weighted by molar-refractivity contribution is 0.160. The number of nitrogens with one attached hydrogen (secondary N) is 1. The van der Waals surface area contributed by atoms with E-state index in [1.807, 2.05) is 0 Å². The lowest BCUT2D eigenvalue weighted by Crippen LogP contribution is -2.23. The van der Waals surface area contributed by atoms with E-state index in [0.717, 1.165) is 0 Å². The van der Waals surface area contributed by atoms with Crippen molar-refractivity contribution in [3.63, 3.8) is 0 Å². The minimum Gasteiger partial charge on any atom is -0.378 e. The zero-order chi connectivity index (χ0) is 11.1. The third-order valence-electron chi connectivity index (χ3n) is 1.78. The van der Waals surface area contributed by atoms with Gasteiger partial charge < -0.3 is 14.6 Å². The smallest absolute Gasteiger partial charge is 0.293 e. The molecule has 5 nitrogen and oxygen atoms in total. The Kier molecular flexibility index (Phi) is 5.14. The van der Waals surface area contributed by atoms with E-state index in [4.69, 9.17) is 16.3 Å². The molecule has 1 rings (SSSR count).